The summed E-state index contributed by atoms with van der Waals surface area (Å²) in [5, 5.41) is 0.748. The molecule has 0 radical (unpaired) electrons. The third kappa shape index (κ3) is 4.48. The van der Waals surface area contributed by atoms with Gasteiger partial charge in [-0.05, 0) is 48.2 Å². The van der Waals surface area contributed by atoms with Gasteiger partial charge in [-0.1, -0.05) is 49.2 Å². The number of benzene rings is 2. The molecule has 3 heteroatoms. The quantitative estimate of drug-likeness (QED) is 0.841. The van der Waals surface area contributed by atoms with Crippen molar-refractivity contribution >= 4 is 11.6 Å². The monoisotopic (exact) mass is 303 g/mol. The molecule has 21 heavy (non-hydrogen) atoms. The first-order valence-corrected chi connectivity index (χ1v) is 7.71. The predicted octanol–water partition coefficient (Wildman–Crippen LogP) is 4.68. The number of hydrogen-bond acceptors (Lipinski definition) is 2. The fourth-order valence-corrected chi connectivity index (χ4v) is 2.33. The van der Waals surface area contributed by atoms with E-state index in [9.17, 15) is 0 Å². The molecule has 2 N–H and O–H groups in total. The van der Waals surface area contributed by atoms with Gasteiger partial charge in [0.15, 0.2) is 0 Å². The minimum Gasteiger partial charge on any atom is -0.492 e. The fourth-order valence-electron chi connectivity index (χ4n) is 2.21. The lowest BCUT2D eigenvalue weighted by atomic mass is 10.0. The van der Waals surface area contributed by atoms with Gasteiger partial charge >= 0.3 is 0 Å². The maximum absolute atomic E-state index is 6.18. The molecule has 2 nitrogen and oxygen atoms in total. The molecular weight excluding hydrogens is 282 g/mol. The molecule has 1 unspecified atom stereocenters. The van der Waals surface area contributed by atoms with Gasteiger partial charge in [-0.2, -0.15) is 0 Å². The molecule has 0 aromatic heterocycles. The van der Waals surface area contributed by atoms with E-state index in [2.05, 4.69) is 31.2 Å². The highest BCUT2D eigenvalue weighted by atomic mass is 35.5. The third-order valence-corrected chi connectivity index (χ3v) is 3.93. The van der Waals surface area contributed by atoms with Crippen LogP contribution in [0.1, 0.15) is 36.1 Å². The van der Waals surface area contributed by atoms with Crippen LogP contribution in [0.3, 0.4) is 0 Å². The Morgan fingerprint density at radius 3 is 2.48 bits per heavy atom. The summed E-state index contributed by atoms with van der Waals surface area (Å²) in [6, 6.07) is 14.0. The van der Waals surface area contributed by atoms with Crippen LogP contribution in [0.25, 0.3) is 0 Å². The number of hydrogen-bond donors (Lipinski definition) is 1. The molecule has 2 aromatic carbocycles. The smallest absolute Gasteiger partial charge is 0.119 e. The van der Waals surface area contributed by atoms with Crippen molar-refractivity contribution in [2.45, 2.75) is 32.7 Å². The van der Waals surface area contributed by atoms with Crippen molar-refractivity contribution in [1.82, 2.24) is 0 Å². The Kier molecular flexibility index (Phi) is 5.66. The lowest BCUT2D eigenvalue weighted by molar-refractivity contribution is 0.290. The zero-order valence-electron chi connectivity index (χ0n) is 12.6. The summed E-state index contributed by atoms with van der Waals surface area (Å²) in [7, 11) is 0. The van der Waals surface area contributed by atoms with Gasteiger partial charge in [0.1, 0.15) is 12.4 Å². The van der Waals surface area contributed by atoms with Crippen LogP contribution in [-0.2, 0) is 6.42 Å². The van der Waals surface area contributed by atoms with Gasteiger partial charge in [0, 0.05) is 5.02 Å². The maximum atomic E-state index is 6.18. The minimum absolute atomic E-state index is 0.128. The Morgan fingerprint density at radius 1 is 1.14 bits per heavy atom. The van der Waals surface area contributed by atoms with Gasteiger partial charge in [-0.15, -0.1) is 0 Å². The Morgan fingerprint density at radius 2 is 1.86 bits per heavy atom. The lowest BCUT2D eigenvalue weighted by Gasteiger charge is -2.14. The Labute approximate surface area is 131 Å². The van der Waals surface area contributed by atoms with Gasteiger partial charge in [-0.3, -0.25) is 0 Å². The molecule has 2 rings (SSSR count). The topological polar surface area (TPSA) is 35.2 Å². The first-order chi connectivity index (χ1) is 10.1. The predicted molar refractivity (Wildman–Crippen MR) is 89.0 cm³/mol. The Bertz CT molecular complexity index is 580. The summed E-state index contributed by atoms with van der Waals surface area (Å²) < 4.78 is 5.75. The van der Waals surface area contributed by atoms with Crippen LogP contribution in [-0.4, -0.2) is 6.61 Å². The van der Waals surface area contributed by atoms with Crippen LogP contribution < -0.4 is 10.5 Å². The number of rotatable bonds is 6. The average Bonchev–Trinajstić information content (AvgIpc) is 2.49. The molecule has 1 atom stereocenters. The van der Waals surface area contributed by atoms with E-state index in [-0.39, 0.29) is 6.04 Å². The van der Waals surface area contributed by atoms with E-state index in [0.717, 1.165) is 34.7 Å². The summed E-state index contributed by atoms with van der Waals surface area (Å²) >= 11 is 6.00. The van der Waals surface area contributed by atoms with Crippen molar-refractivity contribution in [3.05, 3.63) is 64.2 Å². The number of nitrogens with two attached hydrogens (primary N) is 1. The van der Waals surface area contributed by atoms with E-state index in [1.165, 1.54) is 5.56 Å². The van der Waals surface area contributed by atoms with Gasteiger partial charge in [-0.25, -0.2) is 0 Å². The van der Waals surface area contributed by atoms with Gasteiger partial charge in [0.2, 0.25) is 0 Å². The summed E-state index contributed by atoms with van der Waals surface area (Å²) in [4.78, 5) is 0. The van der Waals surface area contributed by atoms with Crippen LogP contribution in [0.15, 0.2) is 42.5 Å². The van der Waals surface area contributed by atoms with Crippen molar-refractivity contribution in [3.8, 4) is 5.75 Å². The first-order valence-electron chi connectivity index (χ1n) is 7.33. The second-order valence-electron chi connectivity index (χ2n) is 5.32. The number of halogens is 1. The molecule has 0 aliphatic rings. The molecule has 112 valence electrons. The Hall–Kier alpha value is -1.51. The average molecular weight is 304 g/mol. The van der Waals surface area contributed by atoms with Crippen LogP contribution in [0.5, 0.6) is 5.75 Å². The molecule has 0 amide bonds. The van der Waals surface area contributed by atoms with E-state index in [1.54, 1.807) is 0 Å². The second-order valence-corrected chi connectivity index (χ2v) is 5.73. The van der Waals surface area contributed by atoms with Crippen LogP contribution in [0.2, 0.25) is 5.02 Å². The second kappa shape index (κ2) is 7.48. The molecule has 0 heterocycles. The summed E-state index contributed by atoms with van der Waals surface area (Å²) in [6.45, 7) is 4.59. The largest absolute Gasteiger partial charge is 0.492 e. The molecule has 0 saturated carbocycles. The first kappa shape index (κ1) is 15.9. The highest BCUT2D eigenvalue weighted by Gasteiger charge is 2.07. The van der Waals surface area contributed by atoms with Crippen LogP contribution in [0.4, 0.5) is 0 Å². The minimum atomic E-state index is -0.128. The van der Waals surface area contributed by atoms with Crippen molar-refractivity contribution < 1.29 is 4.74 Å². The summed E-state index contributed by atoms with van der Waals surface area (Å²) in [6.07, 6.45) is 2.26. The van der Waals surface area contributed by atoms with Gasteiger partial charge in [0.05, 0.1) is 6.04 Å². The number of aryl methyl sites for hydroxylation is 2. The van der Waals surface area contributed by atoms with Crippen LogP contribution >= 0.6 is 11.6 Å². The van der Waals surface area contributed by atoms with Gasteiger partial charge < -0.3 is 10.5 Å². The van der Waals surface area contributed by atoms with Crippen molar-refractivity contribution in [2.75, 3.05) is 6.61 Å². The zero-order valence-corrected chi connectivity index (χ0v) is 13.4. The molecule has 0 saturated heterocycles. The van der Waals surface area contributed by atoms with E-state index in [4.69, 9.17) is 22.1 Å². The SMILES string of the molecule is CCCc1ccc(C(N)COc2ccc(Cl)c(C)c2)cc1. The molecule has 0 bridgehead atoms. The molecular formula is C18H22ClNO. The molecule has 0 aliphatic heterocycles. The molecule has 0 spiro atoms. The maximum Gasteiger partial charge on any atom is 0.119 e. The molecule has 0 fully saturated rings. The van der Waals surface area contributed by atoms with Crippen LogP contribution in [0, 0.1) is 6.92 Å². The lowest BCUT2D eigenvalue weighted by Crippen LogP contribution is -2.19. The zero-order chi connectivity index (χ0) is 15.2. The normalized spacial score (nSPS) is 12.2. The van der Waals surface area contributed by atoms with Crippen molar-refractivity contribution in [1.29, 1.82) is 0 Å². The highest BCUT2D eigenvalue weighted by Crippen LogP contribution is 2.22. The highest BCUT2D eigenvalue weighted by molar-refractivity contribution is 6.31. The van der Waals surface area contributed by atoms with Gasteiger partial charge in [0.25, 0.3) is 0 Å². The van der Waals surface area contributed by atoms with E-state index >= 15 is 0 Å². The number of ether oxygens (including phenoxy) is 1. The summed E-state index contributed by atoms with van der Waals surface area (Å²) in [5.74, 6) is 0.801. The standard InChI is InChI=1S/C18H22ClNO/c1-3-4-14-5-7-15(8-6-14)18(20)12-21-16-9-10-17(19)13(2)11-16/h5-11,18H,3-4,12,20H2,1-2H3. The van der Waals surface area contributed by atoms with E-state index < -0.39 is 0 Å². The molecule has 2 aromatic rings. The Balaban J connectivity index is 1.94. The molecule has 0 aliphatic carbocycles. The van der Waals surface area contributed by atoms with E-state index in [1.807, 2.05) is 25.1 Å². The summed E-state index contributed by atoms with van der Waals surface area (Å²) in [5.41, 5.74) is 9.64. The fraction of sp³-hybridized carbons (Fsp3) is 0.333. The van der Waals surface area contributed by atoms with Crippen molar-refractivity contribution in [2.24, 2.45) is 5.73 Å². The third-order valence-electron chi connectivity index (χ3n) is 3.51. The van der Waals surface area contributed by atoms with E-state index in [0.29, 0.717) is 6.61 Å². The van der Waals surface area contributed by atoms with Crippen molar-refractivity contribution in [3.63, 3.8) is 0 Å².